The number of thioether (sulfide) groups is 1. The summed E-state index contributed by atoms with van der Waals surface area (Å²) in [5, 5.41) is 0.362. The summed E-state index contributed by atoms with van der Waals surface area (Å²) in [6.45, 7) is 4.40. The van der Waals surface area contributed by atoms with Crippen LogP contribution in [0, 0.1) is 10.8 Å². The largest absolute Gasteiger partial charge is 0.298 e. The van der Waals surface area contributed by atoms with Crippen molar-refractivity contribution in [1.29, 1.82) is 0 Å². The SMILES string of the molecule is C[C@]12C[C@@H](Sc3ccccc3)[C@](C)(C1=O)[C@H](c1ccccc1)C2. The highest BCUT2D eigenvalue weighted by atomic mass is 32.2. The summed E-state index contributed by atoms with van der Waals surface area (Å²) >= 11 is 1.89. The van der Waals surface area contributed by atoms with E-state index in [2.05, 4.69) is 68.4 Å². The van der Waals surface area contributed by atoms with Gasteiger partial charge < -0.3 is 0 Å². The average molecular weight is 322 g/mol. The van der Waals surface area contributed by atoms with Crippen molar-refractivity contribution >= 4 is 17.5 Å². The van der Waals surface area contributed by atoms with Gasteiger partial charge in [0.15, 0.2) is 0 Å². The molecule has 0 saturated heterocycles. The third kappa shape index (κ3) is 2.19. The first-order valence-electron chi connectivity index (χ1n) is 8.35. The van der Waals surface area contributed by atoms with Gasteiger partial charge in [-0.05, 0) is 36.5 Å². The standard InChI is InChI=1S/C21H22OS/c1-20-13-17(15-9-5-3-6-10-15)21(2,19(20)22)18(14-20)23-16-11-7-4-8-12-16/h3-12,17-18H,13-14H2,1-2H3/t17-,18+,20-,21+/m0/s1. The Morgan fingerprint density at radius 3 is 2.13 bits per heavy atom. The third-order valence-electron chi connectivity index (χ3n) is 5.94. The lowest BCUT2D eigenvalue weighted by Gasteiger charge is -2.38. The van der Waals surface area contributed by atoms with Crippen LogP contribution in [-0.4, -0.2) is 11.0 Å². The Morgan fingerprint density at radius 1 is 0.913 bits per heavy atom. The van der Waals surface area contributed by atoms with E-state index in [0.29, 0.717) is 17.0 Å². The second-order valence-corrected chi connectivity index (χ2v) is 8.74. The number of carbonyl (C=O) groups excluding carboxylic acids is 1. The summed E-state index contributed by atoms with van der Waals surface area (Å²) in [7, 11) is 0. The Morgan fingerprint density at radius 2 is 1.52 bits per heavy atom. The van der Waals surface area contributed by atoms with Crippen LogP contribution in [0.1, 0.15) is 38.2 Å². The molecule has 2 saturated carbocycles. The molecular formula is C21H22OS. The molecule has 0 spiro atoms. The summed E-state index contributed by atoms with van der Waals surface area (Å²) < 4.78 is 0. The molecular weight excluding hydrogens is 300 g/mol. The van der Waals surface area contributed by atoms with Crippen LogP contribution in [0.25, 0.3) is 0 Å². The van der Waals surface area contributed by atoms with Crippen molar-refractivity contribution in [3.8, 4) is 0 Å². The number of ketones is 1. The smallest absolute Gasteiger partial charge is 0.146 e. The second-order valence-electron chi connectivity index (χ2n) is 7.46. The van der Waals surface area contributed by atoms with Crippen LogP contribution in [-0.2, 0) is 4.79 Å². The van der Waals surface area contributed by atoms with Gasteiger partial charge in [-0.1, -0.05) is 62.4 Å². The fraction of sp³-hybridized carbons (Fsp3) is 0.381. The van der Waals surface area contributed by atoms with Gasteiger partial charge in [-0.25, -0.2) is 0 Å². The van der Waals surface area contributed by atoms with Crippen LogP contribution < -0.4 is 0 Å². The highest BCUT2D eigenvalue weighted by Gasteiger charge is 2.67. The van der Waals surface area contributed by atoms with Gasteiger partial charge in [0.1, 0.15) is 5.78 Å². The van der Waals surface area contributed by atoms with Crippen molar-refractivity contribution in [2.24, 2.45) is 10.8 Å². The first-order chi connectivity index (χ1) is 11.0. The summed E-state index contributed by atoms with van der Waals surface area (Å²) in [5.74, 6) is 0.823. The van der Waals surface area contributed by atoms with Crippen molar-refractivity contribution in [1.82, 2.24) is 0 Å². The van der Waals surface area contributed by atoms with E-state index in [9.17, 15) is 4.79 Å². The molecule has 0 unspecified atom stereocenters. The summed E-state index contributed by atoms with van der Waals surface area (Å²) in [5.41, 5.74) is 0.920. The summed E-state index contributed by atoms with van der Waals surface area (Å²) in [6.07, 6.45) is 2.00. The van der Waals surface area contributed by atoms with Crippen LogP contribution in [0.4, 0.5) is 0 Å². The fourth-order valence-electron chi connectivity index (χ4n) is 4.71. The van der Waals surface area contributed by atoms with E-state index in [1.54, 1.807) is 0 Å². The van der Waals surface area contributed by atoms with Crippen molar-refractivity contribution < 1.29 is 4.79 Å². The predicted molar refractivity (Wildman–Crippen MR) is 95.7 cm³/mol. The number of Topliss-reactive ketones (excluding diaryl/α,β-unsaturated/α-hetero) is 1. The Kier molecular flexibility index (Phi) is 3.42. The number of hydrogen-bond acceptors (Lipinski definition) is 2. The lowest BCUT2D eigenvalue weighted by atomic mass is 9.71. The van der Waals surface area contributed by atoms with Gasteiger partial charge in [0.2, 0.25) is 0 Å². The molecule has 2 aliphatic rings. The van der Waals surface area contributed by atoms with Gasteiger partial charge >= 0.3 is 0 Å². The molecule has 0 aliphatic heterocycles. The average Bonchev–Trinajstić information content (AvgIpc) is 2.89. The molecule has 0 heterocycles. The highest BCUT2D eigenvalue weighted by Crippen LogP contribution is 2.67. The normalized spacial score (nSPS) is 35.7. The molecule has 23 heavy (non-hydrogen) atoms. The molecule has 2 aromatic rings. The van der Waals surface area contributed by atoms with Gasteiger partial charge in [0.05, 0.1) is 0 Å². The molecule has 2 aromatic carbocycles. The molecule has 118 valence electrons. The van der Waals surface area contributed by atoms with Gasteiger partial charge in [-0.2, -0.15) is 0 Å². The van der Waals surface area contributed by atoms with E-state index < -0.39 is 0 Å². The van der Waals surface area contributed by atoms with E-state index in [0.717, 1.165) is 12.8 Å². The Labute approximate surface area is 142 Å². The van der Waals surface area contributed by atoms with Gasteiger partial charge in [0, 0.05) is 21.0 Å². The maximum atomic E-state index is 13.2. The van der Waals surface area contributed by atoms with Crippen LogP contribution >= 0.6 is 11.8 Å². The number of benzene rings is 2. The van der Waals surface area contributed by atoms with Gasteiger partial charge in [-0.15, -0.1) is 11.8 Å². The monoisotopic (exact) mass is 322 g/mol. The molecule has 4 atom stereocenters. The van der Waals surface area contributed by atoms with Crippen LogP contribution in [0.5, 0.6) is 0 Å². The van der Waals surface area contributed by atoms with E-state index in [1.807, 2.05) is 17.8 Å². The topological polar surface area (TPSA) is 17.1 Å². The lowest BCUT2D eigenvalue weighted by Crippen LogP contribution is -2.35. The fourth-order valence-corrected chi connectivity index (χ4v) is 6.32. The molecule has 4 rings (SSSR count). The zero-order chi connectivity index (χ0) is 16.1. The van der Waals surface area contributed by atoms with Crippen LogP contribution in [0.2, 0.25) is 0 Å². The number of rotatable bonds is 3. The minimum absolute atomic E-state index is 0.151. The molecule has 0 N–H and O–H groups in total. The minimum atomic E-state index is -0.253. The highest BCUT2D eigenvalue weighted by molar-refractivity contribution is 8.00. The molecule has 0 amide bonds. The number of carbonyl (C=O) groups is 1. The zero-order valence-corrected chi connectivity index (χ0v) is 14.5. The number of fused-ring (bicyclic) bond motifs is 2. The predicted octanol–water partition coefficient (Wildman–Crippen LogP) is 5.32. The van der Waals surface area contributed by atoms with E-state index in [4.69, 9.17) is 0 Å². The summed E-state index contributed by atoms with van der Waals surface area (Å²) in [6, 6.07) is 21.1. The quantitative estimate of drug-likeness (QED) is 0.760. The molecule has 2 aliphatic carbocycles. The van der Waals surface area contributed by atoms with E-state index in [1.165, 1.54) is 10.5 Å². The third-order valence-corrected chi connectivity index (χ3v) is 7.43. The van der Waals surface area contributed by atoms with Crippen molar-refractivity contribution in [3.63, 3.8) is 0 Å². The molecule has 2 bridgehead atoms. The Bertz CT molecular complexity index is 726. The van der Waals surface area contributed by atoms with Gasteiger partial charge in [0.25, 0.3) is 0 Å². The van der Waals surface area contributed by atoms with Crippen LogP contribution in [0.3, 0.4) is 0 Å². The van der Waals surface area contributed by atoms with Crippen molar-refractivity contribution in [2.45, 2.75) is 42.8 Å². The maximum absolute atomic E-state index is 13.2. The molecule has 0 aromatic heterocycles. The van der Waals surface area contributed by atoms with Crippen molar-refractivity contribution in [3.05, 3.63) is 66.2 Å². The van der Waals surface area contributed by atoms with Gasteiger partial charge in [-0.3, -0.25) is 4.79 Å². The zero-order valence-electron chi connectivity index (χ0n) is 13.7. The van der Waals surface area contributed by atoms with Crippen molar-refractivity contribution in [2.75, 3.05) is 0 Å². The Hall–Kier alpha value is -1.54. The first kappa shape index (κ1) is 15.0. The first-order valence-corrected chi connectivity index (χ1v) is 9.23. The van der Waals surface area contributed by atoms with Crippen LogP contribution in [0.15, 0.2) is 65.6 Å². The molecule has 2 heteroatoms. The maximum Gasteiger partial charge on any atom is 0.146 e. The second kappa shape index (κ2) is 5.24. The molecule has 2 fully saturated rings. The molecule has 1 nitrogen and oxygen atoms in total. The van der Waals surface area contributed by atoms with E-state index >= 15 is 0 Å². The minimum Gasteiger partial charge on any atom is -0.298 e. The lowest BCUT2D eigenvalue weighted by molar-refractivity contribution is -0.128. The molecule has 0 radical (unpaired) electrons. The summed E-state index contributed by atoms with van der Waals surface area (Å²) in [4.78, 5) is 14.5. The number of hydrogen-bond donors (Lipinski definition) is 0. The Balaban J connectivity index is 1.71. The van der Waals surface area contributed by atoms with E-state index in [-0.39, 0.29) is 10.8 Å².